The highest BCUT2D eigenvalue weighted by atomic mass is 35.5. The molecule has 1 aliphatic carbocycles. The number of ether oxygens (including phenoxy) is 1. The van der Waals surface area contributed by atoms with Crippen LogP contribution in [0.5, 0.6) is 0 Å². The van der Waals surface area contributed by atoms with Crippen LogP contribution in [-0.4, -0.2) is 44.5 Å². The number of nitrogens with zero attached hydrogens (tertiary/aromatic N) is 4. The lowest BCUT2D eigenvalue weighted by atomic mass is 9.99. The first-order valence-corrected chi connectivity index (χ1v) is 12.8. The minimum Gasteiger partial charge on any atom is -0.453 e. The quantitative estimate of drug-likeness (QED) is 0.342. The Bertz CT molecular complexity index is 1580. The zero-order chi connectivity index (χ0) is 27.5. The Morgan fingerprint density at radius 1 is 1.08 bits per heavy atom. The summed E-state index contributed by atoms with van der Waals surface area (Å²) >= 11 is 6.52. The molecule has 0 bridgehead atoms. The second kappa shape index (κ2) is 11.1. The van der Waals surface area contributed by atoms with Gasteiger partial charge in [-0.05, 0) is 72.0 Å². The second-order valence-electron chi connectivity index (χ2n) is 9.43. The van der Waals surface area contributed by atoms with Gasteiger partial charge < -0.3 is 24.5 Å². The van der Waals surface area contributed by atoms with E-state index in [1.165, 1.54) is 7.11 Å². The maximum Gasteiger partial charge on any atom is 0.407 e. The van der Waals surface area contributed by atoms with E-state index in [1.54, 1.807) is 45.8 Å². The number of hydrogen-bond acceptors (Lipinski definition) is 6. The molecule has 2 aromatic carbocycles. The molecule has 1 unspecified atom stereocenters. The van der Waals surface area contributed by atoms with E-state index >= 15 is 0 Å². The van der Waals surface area contributed by atoms with Gasteiger partial charge in [0.25, 0.3) is 5.56 Å². The number of nitrogens with one attached hydrogen (secondary N) is 2. The Labute approximate surface area is 229 Å². The molecule has 200 valence electrons. The van der Waals surface area contributed by atoms with Gasteiger partial charge in [0.05, 0.1) is 7.11 Å². The highest BCUT2D eigenvalue weighted by Gasteiger charge is 2.25. The number of carbonyl (C=O) groups is 2. The number of halogens is 1. The molecule has 2 amide bonds. The van der Waals surface area contributed by atoms with Crippen LogP contribution < -0.4 is 16.2 Å². The molecule has 1 atom stereocenters. The van der Waals surface area contributed by atoms with Crippen molar-refractivity contribution in [2.45, 2.75) is 31.3 Å². The fourth-order valence-electron chi connectivity index (χ4n) is 4.33. The second-order valence-corrected chi connectivity index (χ2v) is 9.83. The standard InChI is InChI=1S/C28H27ClN6O4/c1-34-16-30-33-26(34)17-3-7-21(8-4-17)31-27(37)24(32-28(38)39-2)14-20-13-18(5-11-23(20)29)19-6-12-25(36)35(15-19)22-9-10-22/h3-8,11-13,15-16,22,24H,9-10,14H2,1-2H3,(H,31,37)(H,32,38). The molecule has 5 rings (SSSR count). The molecular formula is C28H27ClN6O4. The van der Waals surface area contributed by atoms with Gasteiger partial charge in [-0.15, -0.1) is 10.2 Å². The van der Waals surface area contributed by atoms with Crippen LogP contribution in [0.3, 0.4) is 0 Å². The number of rotatable bonds is 8. The Morgan fingerprint density at radius 2 is 1.79 bits per heavy atom. The lowest BCUT2D eigenvalue weighted by Gasteiger charge is -2.19. The summed E-state index contributed by atoms with van der Waals surface area (Å²) in [5.74, 6) is 0.260. The van der Waals surface area contributed by atoms with Crippen LogP contribution in [0, 0.1) is 0 Å². The van der Waals surface area contributed by atoms with Gasteiger partial charge in [-0.2, -0.15) is 0 Å². The molecule has 0 spiro atoms. The number of hydrogen-bond donors (Lipinski definition) is 2. The largest absolute Gasteiger partial charge is 0.453 e. The summed E-state index contributed by atoms with van der Waals surface area (Å²) in [6, 6.07) is 15.2. The molecule has 2 aromatic heterocycles. The predicted molar refractivity (Wildman–Crippen MR) is 148 cm³/mol. The number of benzene rings is 2. The van der Waals surface area contributed by atoms with Crippen molar-refractivity contribution >= 4 is 29.3 Å². The Morgan fingerprint density at radius 3 is 2.46 bits per heavy atom. The topological polar surface area (TPSA) is 120 Å². The van der Waals surface area contributed by atoms with E-state index in [-0.39, 0.29) is 18.0 Å². The van der Waals surface area contributed by atoms with Gasteiger partial charge in [0.2, 0.25) is 5.91 Å². The van der Waals surface area contributed by atoms with E-state index < -0.39 is 18.0 Å². The average molecular weight is 547 g/mol. The van der Waals surface area contributed by atoms with Crippen molar-refractivity contribution in [1.29, 1.82) is 0 Å². The van der Waals surface area contributed by atoms with Gasteiger partial charge in [0.1, 0.15) is 12.4 Å². The van der Waals surface area contributed by atoms with Crippen molar-refractivity contribution in [3.63, 3.8) is 0 Å². The summed E-state index contributed by atoms with van der Waals surface area (Å²) in [6.45, 7) is 0. The number of methoxy groups -OCH3 is 1. The fourth-order valence-corrected chi connectivity index (χ4v) is 4.52. The van der Waals surface area contributed by atoms with E-state index in [2.05, 4.69) is 20.8 Å². The molecule has 2 N–H and O–H groups in total. The molecule has 0 aliphatic heterocycles. The van der Waals surface area contributed by atoms with Crippen LogP contribution in [0.1, 0.15) is 24.4 Å². The maximum absolute atomic E-state index is 13.3. The van der Waals surface area contributed by atoms with Crippen molar-refractivity contribution in [2.24, 2.45) is 7.05 Å². The Balaban J connectivity index is 1.36. The summed E-state index contributed by atoms with van der Waals surface area (Å²) in [6.07, 6.45) is 4.83. The van der Waals surface area contributed by atoms with Gasteiger partial charge in [-0.3, -0.25) is 9.59 Å². The van der Waals surface area contributed by atoms with E-state index in [9.17, 15) is 14.4 Å². The molecule has 10 nitrogen and oxygen atoms in total. The zero-order valence-electron chi connectivity index (χ0n) is 21.4. The van der Waals surface area contributed by atoms with Crippen molar-refractivity contribution < 1.29 is 14.3 Å². The average Bonchev–Trinajstić information content (AvgIpc) is 3.69. The lowest BCUT2D eigenvalue weighted by molar-refractivity contribution is -0.118. The van der Waals surface area contributed by atoms with E-state index in [1.807, 2.05) is 37.5 Å². The molecule has 2 heterocycles. The third kappa shape index (κ3) is 6.01. The van der Waals surface area contributed by atoms with Crippen molar-refractivity contribution in [3.8, 4) is 22.5 Å². The number of alkyl carbamates (subject to hydrolysis) is 1. The molecule has 4 aromatic rings. The van der Waals surface area contributed by atoms with E-state index in [0.29, 0.717) is 22.1 Å². The number of pyridine rings is 1. The van der Waals surface area contributed by atoms with Crippen molar-refractivity contribution in [3.05, 3.63) is 88.1 Å². The summed E-state index contributed by atoms with van der Waals surface area (Å²) < 4.78 is 8.30. The van der Waals surface area contributed by atoms with Crippen LogP contribution in [0.15, 0.2) is 71.9 Å². The fraction of sp³-hybridized carbons (Fsp3) is 0.250. The summed E-state index contributed by atoms with van der Waals surface area (Å²) in [5.41, 5.74) is 3.73. The lowest BCUT2D eigenvalue weighted by Crippen LogP contribution is -2.45. The zero-order valence-corrected chi connectivity index (χ0v) is 22.2. The van der Waals surface area contributed by atoms with Gasteiger partial charge in [0.15, 0.2) is 5.82 Å². The Kier molecular flexibility index (Phi) is 7.47. The summed E-state index contributed by atoms with van der Waals surface area (Å²) in [5, 5.41) is 13.9. The van der Waals surface area contributed by atoms with Gasteiger partial charge in [-0.1, -0.05) is 17.7 Å². The van der Waals surface area contributed by atoms with Crippen molar-refractivity contribution in [2.75, 3.05) is 12.4 Å². The molecule has 1 saturated carbocycles. The van der Waals surface area contributed by atoms with Gasteiger partial charge in [-0.25, -0.2) is 4.79 Å². The molecule has 1 aliphatic rings. The highest BCUT2D eigenvalue weighted by Crippen LogP contribution is 2.34. The number of aryl methyl sites for hydroxylation is 1. The molecular weight excluding hydrogens is 520 g/mol. The van der Waals surface area contributed by atoms with Crippen LogP contribution in [0.25, 0.3) is 22.5 Å². The minimum atomic E-state index is -0.968. The third-order valence-corrected chi connectivity index (χ3v) is 6.97. The SMILES string of the molecule is COC(=O)NC(Cc1cc(-c2ccc(=O)n(C3CC3)c2)ccc1Cl)C(=O)Nc1ccc(-c2nncn2C)cc1. The van der Waals surface area contributed by atoms with Crippen LogP contribution in [0.4, 0.5) is 10.5 Å². The first-order chi connectivity index (χ1) is 18.8. The first kappa shape index (κ1) is 26.2. The molecule has 0 radical (unpaired) electrons. The van der Waals surface area contributed by atoms with Crippen LogP contribution in [-0.2, 0) is 23.0 Å². The molecule has 11 heteroatoms. The van der Waals surface area contributed by atoms with Crippen LogP contribution in [0.2, 0.25) is 5.02 Å². The van der Waals surface area contributed by atoms with Crippen molar-refractivity contribution in [1.82, 2.24) is 24.6 Å². The monoisotopic (exact) mass is 546 g/mol. The highest BCUT2D eigenvalue weighted by molar-refractivity contribution is 6.31. The summed E-state index contributed by atoms with van der Waals surface area (Å²) in [4.78, 5) is 37.6. The third-order valence-electron chi connectivity index (χ3n) is 6.60. The number of amides is 2. The van der Waals surface area contributed by atoms with Crippen LogP contribution >= 0.6 is 11.6 Å². The molecule has 0 saturated heterocycles. The van der Waals surface area contributed by atoms with E-state index in [4.69, 9.17) is 16.3 Å². The Hall–Kier alpha value is -4.44. The predicted octanol–water partition coefficient (Wildman–Crippen LogP) is 4.20. The summed E-state index contributed by atoms with van der Waals surface area (Å²) in [7, 11) is 3.08. The molecule has 39 heavy (non-hydrogen) atoms. The minimum absolute atomic E-state index is 0.0286. The first-order valence-electron chi connectivity index (χ1n) is 12.4. The number of carbonyl (C=O) groups excluding carboxylic acids is 2. The normalized spacial score (nSPS) is 13.5. The number of anilines is 1. The van der Waals surface area contributed by atoms with Gasteiger partial charge >= 0.3 is 6.09 Å². The van der Waals surface area contributed by atoms with E-state index in [0.717, 1.165) is 29.5 Å². The smallest absolute Gasteiger partial charge is 0.407 e. The molecule has 1 fully saturated rings. The van der Waals surface area contributed by atoms with Gasteiger partial charge in [0, 0.05) is 48.0 Å². The maximum atomic E-state index is 13.3. The number of aromatic nitrogens is 4.